The van der Waals surface area contributed by atoms with Crippen LogP contribution < -0.4 is 5.73 Å². The first-order valence-corrected chi connectivity index (χ1v) is 10.2. The molecular formula is C18H18N6O2S2. The molecule has 8 nitrogen and oxygen atoms in total. The average Bonchev–Trinajstić information content (AvgIpc) is 3.26. The standard InChI is InChI=1S/C18H18N6O2S2/c1-4-26-17(25)15-14(13(8-19)16(20)28-15)9-27-18-21-22-23-24(18)12-6-5-10(2)11(3)7-12/h5-7H,4,9,20H2,1-3H3. The number of carbonyl (C=O) groups is 1. The third kappa shape index (κ3) is 3.85. The molecule has 144 valence electrons. The van der Waals surface area contributed by atoms with Gasteiger partial charge in [-0.3, -0.25) is 0 Å². The minimum atomic E-state index is -0.481. The predicted molar refractivity (Wildman–Crippen MR) is 108 cm³/mol. The summed E-state index contributed by atoms with van der Waals surface area (Å²) in [6.45, 7) is 6.03. The van der Waals surface area contributed by atoms with Crippen molar-refractivity contribution in [3.05, 3.63) is 45.3 Å². The number of benzene rings is 1. The number of hydrogen-bond acceptors (Lipinski definition) is 9. The van der Waals surface area contributed by atoms with E-state index < -0.39 is 5.97 Å². The maximum atomic E-state index is 12.2. The molecule has 2 heterocycles. The van der Waals surface area contributed by atoms with Gasteiger partial charge in [0.1, 0.15) is 15.9 Å². The zero-order valence-corrected chi connectivity index (χ0v) is 17.2. The molecule has 3 rings (SSSR count). The molecule has 0 aliphatic carbocycles. The van der Waals surface area contributed by atoms with Crippen LogP contribution >= 0.6 is 23.1 Å². The molecule has 2 aromatic heterocycles. The Kier molecular flexibility index (Phi) is 5.96. The minimum absolute atomic E-state index is 0.246. The van der Waals surface area contributed by atoms with Gasteiger partial charge in [0.15, 0.2) is 0 Å². The summed E-state index contributed by atoms with van der Waals surface area (Å²) in [5, 5.41) is 22.2. The fourth-order valence-electron chi connectivity index (χ4n) is 2.53. The Morgan fingerprint density at radius 3 is 2.86 bits per heavy atom. The van der Waals surface area contributed by atoms with Crippen LogP contribution in [0.5, 0.6) is 0 Å². The van der Waals surface area contributed by atoms with Crippen LogP contribution in [0, 0.1) is 25.2 Å². The first-order chi connectivity index (χ1) is 13.5. The molecule has 0 amide bonds. The maximum Gasteiger partial charge on any atom is 0.348 e. The second-order valence-electron chi connectivity index (χ2n) is 5.91. The van der Waals surface area contributed by atoms with Gasteiger partial charge in [-0.25, -0.2) is 4.79 Å². The van der Waals surface area contributed by atoms with E-state index in [1.54, 1.807) is 11.6 Å². The van der Waals surface area contributed by atoms with Crippen LogP contribution in [-0.2, 0) is 10.5 Å². The largest absolute Gasteiger partial charge is 0.462 e. The number of nitrogen functional groups attached to an aromatic ring is 1. The van der Waals surface area contributed by atoms with Crippen LogP contribution in [0.4, 0.5) is 5.00 Å². The van der Waals surface area contributed by atoms with Crippen molar-refractivity contribution in [3.8, 4) is 11.8 Å². The van der Waals surface area contributed by atoms with Crippen LogP contribution in [0.25, 0.3) is 5.69 Å². The van der Waals surface area contributed by atoms with Gasteiger partial charge in [0, 0.05) is 11.3 Å². The molecule has 0 saturated heterocycles. The van der Waals surface area contributed by atoms with E-state index in [2.05, 4.69) is 21.6 Å². The molecule has 0 spiro atoms. The van der Waals surface area contributed by atoms with Crippen molar-refractivity contribution in [2.75, 3.05) is 12.3 Å². The molecule has 1 aromatic carbocycles. The lowest BCUT2D eigenvalue weighted by molar-refractivity contribution is 0.0531. The number of rotatable bonds is 6. The van der Waals surface area contributed by atoms with Gasteiger partial charge in [-0.15, -0.1) is 16.4 Å². The summed E-state index contributed by atoms with van der Waals surface area (Å²) in [6.07, 6.45) is 0. The Morgan fingerprint density at radius 1 is 1.39 bits per heavy atom. The fraction of sp³-hybridized carbons (Fsp3) is 0.278. The van der Waals surface area contributed by atoms with Crippen molar-refractivity contribution in [1.29, 1.82) is 5.26 Å². The summed E-state index contributed by atoms with van der Waals surface area (Å²) < 4.78 is 6.72. The van der Waals surface area contributed by atoms with E-state index in [9.17, 15) is 10.1 Å². The summed E-state index contributed by atoms with van der Waals surface area (Å²) in [6, 6.07) is 8.03. The fourth-order valence-corrected chi connectivity index (χ4v) is 4.47. The number of thioether (sulfide) groups is 1. The summed E-state index contributed by atoms with van der Waals surface area (Å²) >= 11 is 2.39. The van der Waals surface area contributed by atoms with Gasteiger partial charge >= 0.3 is 5.97 Å². The van der Waals surface area contributed by atoms with E-state index >= 15 is 0 Å². The van der Waals surface area contributed by atoms with Gasteiger partial charge < -0.3 is 10.5 Å². The van der Waals surface area contributed by atoms with E-state index in [-0.39, 0.29) is 6.61 Å². The number of nitrogens with zero attached hydrogens (tertiary/aromatic N) is 5. The predicted octanol–water partition coefficient (Wildman–Crippen LogP) is 3.26. The third-order valence-electron chi connectivity index (χ3n) is 4.13. The number of tetrazole rings is 1. The van der Waals surface area contributed by atoms with Crippen molar-refractivity contribution in [2.45, 2.75) is 31.7 Å². The highest BCUT2D eigenvalue weighted by Crippen LogP contribution is 2.35. The van der Waals surface area contributed by atoms with Gasteiger partial charge in [-0.1, -0.05) is 17.8 Å². The van der Waals surface area contributed by atoms with E-state index in [1.165, 1.54) is 17.3 Å². The van der Waals surface area contributed by atoms with Gasteiger partial charge in [0.05, 0.1) is 17.9 Å². The van der Waals surface area contributed by atoms with Gasteiger partial charge in [0.25, 0.3) is 0 Å². The van der Waals surface area contributed by atoms with Crippen LogP contribution in [0.1, 0.15) is 38.8 Å². The quantitative estimate of drug-likeness (QED) is 0.482. The molecule has 0 aliphatic rings. The number of hydrogen-bond donors (Lipinski definition) is 1. The Balaban J connectivity index is 1.90. The zero-order valence-electron chi connectivity index (χ0n) is 15.6. The van der Waals surface area contributed by atoms with Crippen molar-refractivity contribution in [3.63, 3.8) is 0 Å². The normalized spacial score (nSPS) is 10.6. The molecule has 0 unspecified atom stereocenters. The molecule has 10 heteroatoms. The lowest BCUT2D eigenvalue weighted by Crippen LogP contribution is -2.06. The molecule has 2 N–H and O–H groups in total. The third-order valence-corrected chi connectivity index (χ3v) is 6.12. The number of aryl methyl sites for hydroxylation is 2. The Hall–Kier alpha value is -2.90. The van der Waals surface area contributed by atoms with E-state index in [0.29, 0.717) is 31.9 Å². The van der Waals surface area contributed by atoms with E-state index in [1.807, 2.05) is 32.0 Å². The number of anilines is 1. The minimum Gasteiger partial charge on any atom is -0.462 e. The van der Waals surface area contributed by atoms with Crippen LogP contribution in [0.2, 0.25) is 0 Å². The molecule has 0 bridgehead atoms. The number of nitriles is 1. The van der Waals surface area contributed by atoms with Gasteiger partial charge in [-0.05, 0) is 54.5 Å². The van der Waals surface area contributed by atoms with E-state index in [4.69, 9.17) is 10.5 Å². The van der Waals surface area contributed by atoms with Crippen molar-refractivity contribution in [1.82, 2.24) is 20.2 Å². The van der Waals surface area contributed by atoms with Crippen LogP contribution in [0.15, 0.2) is 23.4 Å². The van der Waals surface area contributed by atoms with Gasteiger partial charge in [0.2, 0.25) is 5.16 Å². The first kappa shape index (κ1) is 19.9. The summed E-state index contributed by atoms with van der Waals surface area (Å²) in [5.41, 5.74) is 9.91. The topological polar surface area (TPSA) is 120 Å². The van der Waals surface area contributed by atoms with Crippen LogP contribution in [-0.4, -0.2) is 32.8 Å². The monoisotopic (exact) mass is 414 g/mol. The van der Waals surface area contributed by atoms with Crippen LogP contribution in [0.3, 0.4) is 0 Å². The number of ether oxygens (including phenoxy) is 1. The molecule has 3 aromatic rings. The second kappa shape index (κ2) is 8.41. The molecule has 28 heavy (non-hydrogen) atoms. The summed E-state index contributed by atoms with van der Waals surface area (Å²) in [5.74, 6) is -0.166. The highest BCUT2D eigenvalue weighted by Gasteiger charge is 2.23. The van der Waals surface area contributed by atoms with Crippen molar-refractivity contribution in [2.24, 2.45) is 0 Å². The molecule has 0 aliphatic heterocycles. The first-order valence-electron chi connectivity index (χ1n) is 8.43. The Labute approximate surface area is 170 Å². The number of thiophene rings is 1. The van der Waals surface area contributed by atoms with Crippen molar-refractivity contribution < 1.29 is 9.53 Å². The van der Waals surface area contributed by atoms with Crippen molar-refractivity contribution >= 4 is 34.1 Å². The second-order valence-corrected chi connectivity index (χ2v) is 7.91. The van der Waals surface area contributed by atoms with E-state index in [0.717, 1.165) is 22.6 Å². The Morgan fingerprint density at radius 2 is 2.18 bits per heavy atom. The Bertz CT molecular complexity index is 1070. The average molecular weight is 415 g/mol. The maximum absolute atomic E-state index is 12.2. The zero-order chi connectivity index (χ0) is 20.3. The lowest BCUT2D eigenvalue weighted by Gasteiger charge is -2.07. The molecule has 0 radical (unpaired) electrons. The molecular weight excluding hydrogens is 396 g/mol. The highest BCUT2D eigenvalue weighted by molar-refractivity contribution is 7.98. The molecule has 0 saturated carbocycles. The number of nitrogens with two attached hydrogens (primary N) is 1. The number of carbonyl (C=O) groups excluding carboxylic acids is 1. The number of esters is 1. The molecule has 0 atom stereocenters. The summed E-state index contributed by atoms with van der Waals surface area (Å²) in [4.78, 5) is 12.6. The smallest absolute Gasteiger partial charge is 0.348 e. The summed E-state index contributed by atoms with van der Waals surface area (Å²) in [7, 11) is 0. The number of aromatic nitrogens is 4. The highest BCUT2D eigenvalue weighted by atomic mass is 32.2. The van der Waals surface area contributed by atoms with Gasteiger partial charge in [-0.2, -0.15) is 9.94 Å². The lowest BCUT2D eigenvalue weighted by atomic mass is 10.1. The molecule has 0 fully saturated rings. The SMILES string of the molecule is CCOC(=O)c1sc(N)c(C#N)c1CSc1nnnn1-c1ccc(C)c(C)c1.